The van der Waals surface area contributed by atoms with Gasteiger partial charge >= 0.3 is 5.97 Å². The number of nitrogens with zero attached hydrogens (tertiary/aromatic N) is 2. The Hall–Kier alpha value is -2.28. The first-order valence-electron chi connectivity index (χ1n) is 5.00. The van der Waals surface area contributed by atoms with Crippen molar-refractivity contribution in [2.24, 2.45) is 0 Å². The Labute approximate surface area is 106 Å². The number of anilines is 1. The van der Waals surface area contributed by atoms with Gasteiger partial charge in [-0.15, -0.1) is 11.3 Å². The molecule has 2 heterocycles. The number of carbonyl (C=O) groups is 2. The minimum absolute atomic E-state index is 0.117. The van der Waals surface area contributed by atoms with Gasteiger partial charge in [0.2, 0.25) is 0 Å². The fourth-order valence-corrected chi connectivity index (χ4v) is 1.94. The summed E-state index contributed by atoms with van der Waals surface area (Å²) in [4.78, 5) is 30.7. The zero-order valence-electron chi connectivity index (χ0n) is 9.38. The number of hydrogen-bond acceptors (Lipinski definition) is 5. The summed E-state index contributed by atoms with van der Waals surface area (Å²) in [7, 11) is 0. The van der Waals surface area contributed by atoms with E-state index in [4.69, 9.17) is 5.11 Å². The number of aromatic nitrogens is 2. The van der Waals surface area contributed by atoms with Gasteiger partial charge in [-0.2, -0.15) is 0 Å². The van der Waals surface area contributed by atoms with Crippen molar-refractivity contribution in [2.45, 2.75) is 6.92 Å². The molecule has 2 rings (SSSR count). The summed E-state index contributed by atoms with van der Waals surface area (Å²) in [6.07, 6.45) is 1.47. The van der Waals surface area contributed by atoms with Gasteiger partial charge in [0.25, 0.3) is 5.91 Å². The van der Waals surface area contributed by atoms with Crippen LogP contribution in [-0.2, 0) is 0 Å². The zero-order valence-corrected chi connectivity index (χ0v) is 10.2. The van der Waals surface area contributed by atoms with Crippen molar-refractivity contribution in [3.8, 4) is 0 Å². The van der Waals surface area contributed by atoms with Gasteiger partial charge < -0.3 is 10.4 Å². The Kier molecular flexibility index (Phi) is 3.33. The largest absolute Gasteiger partial charge is 0.477 e. The number of aromatic carboxylic acids is 1. The van der Waals surface area contributed by atoms with Crippen LogP contribution in [0.15, 0.2) is 24.4 Å². The van der Waals surface area contributed by atoms with Gasteiger partial charge in [-0.05, 0) is 19.1 Å². The SMILES string of the molecule is Cc1ncc(C(=O)Nc2cccc(C(=O)O)n2)s1. The molecule has 1 amide bonds. The van der Waals surface area contributed by atoms with E-state index in [1.807, 2.05) is 0 Å². The van der Waals surface area contributed by atoms with Gasteiger partial charge in [0.1, 0.15) is 10.7 Å². The predicted octanol–water partition coefficient (Wildman–Crippen LogP) is 1.80. The monoisotopic (exact) mass is 263 g/mol. The van der Waals surface area contributed by atoms with Crippen LogP contribution in [-0.4, -0.2) is 27.0 Å². The molecule has 0 radical (unpaired) electrons. The highest BCUT2D eigenvalue weighted by atomic mass is 32.1. The molecule has 6 nitrogen and oxygen atoms in total. The number of thiazole rings is 1. The minimum Gasteiger partial charge on any atom is -0.477 e. The van der Waals surface area contributed by atoms with Crippen LogP contribution >= 0.6 is 11.3 Å². The van der Waals surface area contributed by atoms with Crippen molar-refractivity contribution in [3.05, 3.63) is 40.0 Å². The molecule has 2 N–H and O–H groups in total. The molecule has 0 fully saturated rings. The second-order valence-corrected chi connectivity index (χ2v) is 4.65. The average Bonchev–Trinajstić information content (AvgIpc) is 2.76. The fourth-order valence-electron chi connectivity index (χ4n) is 1.27. The van der Waals surface area contributed by atoms with Crippen LogP contribution < -0.4 is 5.32 Å². The second-order valence-electron chi connectivity index (χ2n) is 3.41. The Morgan fingerprint density at radius 2 is 2.17 bits per heavy atom. The van der Waals surface area contributed by atoms with E-state index in [-0.39, 0.29) is 17.4 Å². The van der Waals surface area contributed by atoms with Crippen LogP contribution in [0.5, 0.6) is 0 Å². The van der Waals surface area contributed by atoms with Gasteiger partial charge in [0.15, 0.2) is 5.69 Å². The third kappa shape index (κ3) is 2.69. The topological polar surface area (TPSA) is 92.2 Å². The molecule has 7 heteroatoms. The van der Waals surface area contributed by atoms with Crippen LogP contribution in [0.4, 0.5) is 5.82 Å². The number of aryl methyl sites for hydroxylation is 1. The van der Waals surface area contributed by atoms with Crippen LogP contribution in [0.1, 0.15) is 25.2 Å². The number of hydrogen-bond donors (Lipinski definition) is 2. The molecule has 0 bridgehead atoms. The Morgan fingerprint density at radius 3 is 2.78 bits per heavy atom. The van der Waals surface area contributed by atoms with Crippen LogP contribution in [0.25, 0.3) is 0 Å². The van der Waals surface area contributed by atoms with Gasteiger partial charge in [-0.25, -0.2) is 14.8 Å². The normalized spacial score (nSPS) is 10.1. The van der Waals surface area contributed by atoms with Crippen LogP contribution in [0.3, 0.4) is 0 Å². The van der Waals surface area contributed by atoms with Crippen LogP contribution in [0, 0.1) is 6.92 Å². The lowest BCUT2D eigenvalue weighted by Gasteiger charge is -2.02. The number of carboxylic acids is 1. The highest BCUT2D eigenvalue weighted by Crippen LogP contribution is 2.14. The maximum atomic E-state index is 11.8. The van der Waals surface area contributed by atoms with Crippen molar-refractivity contribution in [3.63, 3.8) is 0 Å². The smallest absolute Gasteiger partial charge is 0.354 e. The van der Waals surface area contributed by atoms with Crippen LogP contribution in [0.2, 0.25) is 0 Å². The summed E-state index contributed by atoms with van der Waals surface area (Å²) in [5, 5.41) is 12.1. The van der Waals surface area contributed by atoms with E-state index < -0.39 is 5.97 Å². The molecule has 0 aliphatic rings. The molecule has 2 aromatic heterocycles. The van der Waals surface area contributed by atoms with Crippen molar-refractivity contribution in [1.82, 2.24) is 9.97 Å². The lowest BCUT2D eigenvalue weighted by molar-refractivity contribution is 0.0690. The highest BCUT2D eigenvalue weighted by molar-refractivity contribution is 7.13. The number of rotatable bonds is 3. The molecule has 0 aromatic carbocycles. The summed E-state index contributed by atoms with van der Waals surface area (Å²) < 4.78 is 0. The quantitative estimate of drug-likeness (QED) is 0.880. The van der Waals surface area contributed by atoms with Gasteiger partial charge in [-0.3, -0.25) is 4.79 Å². The third-order valence-electron chi connectivity index (χ3n) is 2.05. The molecule has 0 aliphatic heterocycles. The Bertz CT molecular complexity index is 609. The summed E-state index contributed by atoms with van der Waals surface area (Å²) in [5.41, 5.74) is -0.117. The summed E-state index contributed by atoms with van der Waals surface area (Å²) in [5.74, 6) is -1.29. The van der Waals surface area contributed by atoms with E-state index in [1.165, 1.54) is 35.7 Å². The molecule has 0 unspecified atom stereocenters. The van der Waals surface area contributed by atoms with E-state index in [0.29, 0.717) is 4.88 Å². The number of nitrogens with one attached hydrogen (secondary N) is 1. The summed E-state index contributed by atoms with van der Waals surface area (Å²) in [6.45, 7) is 1.80. The predicted molar refractivity (Wildman–Crippen MR) is 66.0 cm³/mol. The average molecular weight is 263 g/mol. The summed E-state index contributed by atoms with van der Waals surface area (Å²) >= 11 is 1.26. The summed E-state index contributed by atoms with van der Waals surface area (Å²) in [6, 6.07) is 4.40. The first kappa shape index (κ1) is 12.2. The first-order valence-corrected chi connectivity index (χ1v) is 5.82. The second kappa shape index (κ2) is 4.92. The number of carboxylic acid groups (broad SMARTS) is 1. The van der Waals surface area contributed by atoms with Gasteiger partial charge in [0.05, 0.1) is 11.2 Å². The molecule has 0 aliphatic carbocycles. The standard InChI is InChI=1S/C11H9N3O3S/c1-6-12-5-8(18-6)10(15)14-9-4-2-3-7(13-9)11(16)17/h2-5H,1H3,(H,16,17)(H,13,14,15). The van der Waals surface area contributed by atoms with Crippen molar-refractivity contribution < 1.29 is 14.7 Å². The van der Waals surface area contributed by atoms with E-state index in [2.05, 4.69) is 15.3 Å². The van der Waals surface area contributed by atoms with Crippen molar-refractivity contribution >= 4 is 29.0 Å². The Balaban J connectivity index is 2.16. The molecular formula is C11H9N3O3S. The molecule has 0 spiro atoms. The lowest BCUT2D eigenvalue weighted by atomic mass is 10.3. The highest BCUT2D eigenvalue weighted by Gasteiger charge is 2.11. The molecule has 0 saturated heterocycles. The van der Waals surface area contributed by atoms with E-state index in [9.17, 15) is 9.59 Å². The molecule has 18 heavy (non-hydrogen) atoms. The maximum Gasteiger partial charge on any atom is 0.354 e. The van der Waals surface area contributed by atoms with E-state index in [0.717, 1.165) is 5.01 Å². The molecule has 92 valence electrons. The number of pyridine rings is 1. The zero-order chi connectivity index (χ0) is 13.1. The molecule has 2 aromatic rings. The number of carbonyl (C=O) groups excluding carboxylic acids is 1. The molecular weight excluding hydrogens is 254 g/mol. The van der Waals surface area contributed by atoms with Gasteiger partial charge in [0, 0.05) is 0 Å². The van der Waals surface area contributed by atoms with E-state index in [1.54, 1.807) is 6.92 Å². The first-order chi connectivity index (χ1) is 8.56. The van der Waals surface area contributed by atoms with Gasteiger partial charge in [-0.1, -0.05) is 6.07 Å². The lowest BCUT2D eigenvalue weighted by Crippen LogP contribution is -2.12. The fraction of sp³-hybridized carbons (Fsp3) is 0.0909. The number of amides is 1. The minimum atomic E-state index is -1.14. The maximum absolute atomic E-state index is 11.8. The van der Waals surface area contributed by atoms with E-state index >= 15 is 0 Å². The van der Waals surface area contributed by atoms with Crippen molar-refractivity contribution in [2.75, 3.05) is 5.32 Å². The Morgan fingerprint density at radius 1 is 1.39 bits per heavy atom. The third-order valence-corrected chi connectivity index (χ3v) is 2.97. The van der Waals surface area contributed by atoms with Crippen molar-refractivity contribution in [1.29, 1.82) is 0 Å². The molecule has 0 atom stereocenters. The molecule has 0 saturated carbocycles.